The first-order chi connectivity index (χ1) is 9.66. The Balaban J connectivity index is 1.74. The zero-order valence-corrected chi connectivity index (χ0v) is 12.0. The van der Waals surface area contributed by atoms with E-state index in [0.717, 1.165) is 32.5 Å². The van der Waals surface area contributed by atoms with Gasteiger partial charge in [-0.15, -0.1) is 0 Å². The first-order valence-electron chi connectivity index (χ1n) is 7.37. The molecular formula is C15H24N2O3. The van der Waals surface area contributed by atoms with Crippen LogP contribution in [-0.2, 0) is 4.79 Å². The summed E-state index contributed by atoms with van der Waals surface area (Å²) in [4.78, 5) is 13.2. The van der Waals surface area contributed by atoms with Gasteiger partial charge in [0.25, 0.3) is 0 Å². The van der Waals surface area contributed by atoms with Crippen LogP contribution in [0, 0.1) is 0 Å². The predicted octanol–water partition coefficient (Wildman–Crippen LogP) is 1.69. The Morgan fingerprint density at radius 1 is 1.65 bits per heavy atom. The molecule has 2 heterocycles. The normalized spacial score (nSPS) is 21.0. The van der Waals surface area contributed by atoms with Crippen molar-refractivity contribution in [2.24, 2.45) is 0 Å². The first kappa shape index (κ1) is 15.1. The molecule has 0 aromatic carbocycles. The number of nitrogens with zero attached hydrogens (tertiary/aromatic N) is 1. The van der Waals surface area contributed by atoms with E-state index in [4.69, 9.17) is 4.42 Å². The summed E-state index contributed by atoms with van der Waals surface area (Å²) in [5.74, 6) is 0.673. The molecule has 0 saturated carbocycles. The summed E-state index contributed by atoms with van der Waals surface area (Å²) in [5.41, 5.74) is 0. The highest BCUT2D eigenvalue weighted by molar-refractivity contribution is 5.72. The number of carbonyl (C=O) groups is 1. The van der Waals surface area contributed by atoms with Crippen molar-refractivity contribution in [1.82, 2.24) is 10.2 Å². The maximum atomic E-state index is 10.8. The summed E-state index contributed by atoms with van der Waals surface area (Å²) in [6, 6.07) is 4.03. The molecule has 0 spiro atoms. The van der Waals surface area contributed by atoms with Crippen molar-refractivity contribution in [3.05, 3.63) is 24.2 Å². The van der Waals surface area contributed by atoms with Gasteiger partial charge in [-0.2, -0.15) is 0 Å². The van der Waals surface area contributed by atoms with E-state index in [0.29, 0.717) is 18.2 Å². The Morgan fingerprint density at radius 2 is 2.50 bits per heavy atom. The lowest BCUT2D eigenvalue weighted by Gasteiger charge is -2.25. The topological polar surface area (TPSA) is 65.7 Å². The lowest BCUT2D eigenvalue weighted by atomic mass is 10.1. The third-order valence-corrected chi connectivity index (χ3v) is 3.86. The minimum Gasteiger partial charge on any atom is -0.467 e. The molecule has 0 radical (unpaired) electrons. The summed E-state index contributed by atoms with van der Waals surface area (Å²) in [5, 5.41) is 13.0. The van der Waals surface area contributed by atoms with Crippen LogP contribution in [0.15, 0.2) is 22.8 Å². The van der Waals surface area contributed by atoms with Gasteiger partial charge in [-0.1, -0.05) is 0 Å². The fourth-order valence-corrected chi connectivity index (χ4v) is 2.86. The van der Waals surface area contributed by atoms with Crippen LogP contribution in [0.1, 0.15) is 44.5 Å². The second kappa shape index (κ2) is 7.45. The van der Waals surface area contributed by atoms with Crippen LogP contribution in [0.5, 0.6) is 0 Å². The van der Waals surface area contributed by atoms with Gasteiger partial charge >= 0.3 is 0 Å². The molecule has 0 bridgehead atoms. The van der Waals surface area contributed by atoms with E-state index < -0.39 is 6.10 Å². The molecule has 2 rings (SSSR count). The van der Waals surface area contributed by atoms with Crippen LogP contribution in [0.25, 0.3) is 0 Å². The number of likely N-dealkylation sites (tertiary alicyclic amines) is 1. The molecule has 5 nitrogen and oxygen atoms in total. The maximum Gasteiger partial charge on any atom is 0.216 e. The molecule has 1 amide bonds. The number of hydrogen-bond donors (Lipinski definition) is 2. The van der Waals surface area contributed by atoms with Crippen molar-refractivity contribution in [3.8, 4) is 0 Å². The third-order valence-electron chi connectivity index (χ3n) is 3.86. The molecule has 1 saturated heterocycles. The Hall–Kier alpha value is -1.33. The molecule has 1 aromatic rings. The van der Waals surface area contributed by atoms with Gasteiger partial charge in [0.1, 0.15) is 11.9 Å². The third kappa shape index (κ3) is 4.35. The van der Waals surface area contributed by atoms with Crippen molar-refractivity contribution in [2.45, 2.75) is 44.8 Å². The van der Waals surface area contributed by atoms with Gasteiger partial charge in [0.15, 0.2) is 0 Å². The Kier molecular flexibility index (Phi) is 5.61. The average molecular weight is 280 g/mol. The van der Waals surface area contributed by atoms with Crippen molar-refractivity contribution < 1.29 is 14.3 Å². The van der Waals surface area contributed by atoms with Gasteiger partial charge in [-0.25, -0.2) is 0 Å². The summed E-state index contributed by atoms with van der Waals surface area (Å²) >= 11 is 0. The van der Waals surface area contributed by atoms with E-state index in [-0.39, 0.29) is 5.91 Å². The molecule has 1 aromatic heterocycles. The Labute approximate surface area is 119 Å². The van der Waals surface area contributed by atoms with Crippen LogP contribution < -0.4 is 5.32 Å². The van der Waals surface area contributed by atoms with Crippen LogP contribution in [0.3, 0.4) is 0 Å². The zero-order chi connectivity index (χ0) is 14.4. The Morgan fingerprint density at radius 3 is 3.20 bits per heavy atom. The number of nitrogens with one attached hydrogen (secondary N) is 1. The van der Waals surface area contributed by atoms with Gasteiger partial charge in [-0.05, 0) is 44.4 Å². The highest BCUT2D eigenvalue weighted by Gasteiger charge is 2.27. The van der Waals surface area contributed by atoms with E-state index in [1.807, 2.05) is 6.07 Å². The summed E-state index contributed by atoms with van der Waals surface area (Å²) < 4.78 is 5.25. The smallest absolute Gasteiger partial charge is 0.216 e. The van der Waals surface area contributed by atoms with Gasteiger partial charge in [-0.3, -0.25) is 4.79 Å². The van der Waals surface area contributed by atoms with Crippen molar-refractivity contribution in [2.75, 3.05) is 19.6 Å². The number of amides is 1. The molecule has 0 aliphatic carbocycles. The van der Waals surface area contributed by atoms with E-state index in [9.17, 15) is 9.90 Å². The number of aliphatic hydroxyl groups is 1. The first-order valence-corrected chi connectivity index (χ1v) is 7.37. The minimum absolute atomic E-state index is 0.0243. The van der Waals surface area contributed by atoms with Crippen LogP contribution in [0.4, 0.5) is 0 Å². The van der Waals surface area contributed by atoms with Crippen LogP contribution in [0.2, 0.25) is 0 Å². The number of carbonyl (C=O) groups excluding carboxylic acids is 1. The van der Waals surface area contributed by atoms with E-state index in [2.05, 4.69) is 10.2 Å². The maximum absolute atomic E-state index is 10.8. The lowest BCUT2D eigenvalue weighted by molar-refractivity contribution is -0.118. The second-order valence-corrected chi connectivity index (χ2v) is 5.44. The lowest BCUT2D eigenvalue weighted by Crippen LogP contribution is -2.33. The quantitative estimate of drug-likeness (QED) is 0.746. The van der Waals surface area contributed by atoms with Crippen molar-refractivity contribution in [3.63, 3.8) is 0 Å². The Bertz CT molecular complexity index is 405. The largest absolute Gasteiger partial charge is 0.467 e. The summed E-state index contributed by atoms with van der Waals surface area (Å²) in [6.07, 6.45) is 5.04. The zero-order valence-electron chi connectivity index (χ0n) is 12.0. The molecular weight excluding hydrogens is 256 g/mol. The van der Waals surface area contributed by atoms with Crippen molar-refractivity contribution in [1.29, 1.82) is 0 Å². The van der Waals surface area contributed by atoms with E-state index >= 15 is 0 Å². The molecule has 1 aliphatic rings. The number of furan rings is 1. The van der Waals surface area contributed by atoms with Gasteiger partial charge in [0, 0.05) is 26.1 Å². The SMILES string of the molecule is CC(=O)NCCCN1CCCC1CC(O)c1ccco1. The fourth-order valence-electron chi connectivity index (χ4n) is 2.86. The number of aliphatic hydroxyl groups excluding tert-OH is 1. The number of rotatable bonds is 7. The van der Waals surface area contributed by atoms with Crippen LogP contribution >= 0.6 is 0 Å². The van der Waals surface area contributed by atoms with E-state index in [1.54, 1.807) is 19.3 Å². The summed E-state index contributed by atoms with van der Waals surface area (Å²) in [6.45, 7) is 4.31. The monoisotopic (exact) mass is 280 g/mol. The molecule has 2 N–H and O–H groups in total. The highest BCUT2D eigenvalue weighted by Crippen LogP contribution is 2.27. The predicted molar refractivity (Wildman–Crippen MR) is 76.2 cm³/mol. The molecule has 5 heteroatoms. The van der Waals surface area contributed by atoms with Crippen LogP contribution in [-0.4, -0.2) is 41.6 Å². The number of hydrogen-bond acceptors (Lipinski definition) is 4. The average Bonchev–Trinajstić information content (AvgIpc) is 3.06. The molecule has 2 unspecified atom stereocenters. The van der Waals surface area contributed by atoms with Gasteiger partial charge in [0.2, 0.25) is 5.91 Å². The standard InChI is InChI=1S/C15H24N2O3/c1-12(18)16-7-4-9-17-8-2-5-13(17)11-14(19)15-6-3-10-20-15/h3,6,10,13-14,19H,2,4-5,7-9,11H2,1H3,(H,16,18). The molecule has 1 aliphatic heterocycles. The van der Waals surface area contributed by atoms with E-state index in [1.165, 1.54) is 6.42 Å². The molecule has 20 heavy (non-hydrogen) atoms. The second-order valence-electron chi connectivity index (χ2n) is 5.44. The highest BCUT2D eigenvalue weighted by atomic mass is 16.4. The molecule has 1 fully saturated rings. The summed E-state index contributed by atoms with van der Waals surface area (Å²) in [7, 11) is 0. The van der Waals surface area contributed by atoms with Gasteiger partial charge < -0.3 is 19.7 Å². The van der Waals surface area contributed by atoms with Crippen molar-refractivity contribution >= 4 is 5.91 Å². The van der Waals surface area contributed by atoms with Gasteiger partial charge in [0.05, 0.1) is 6.26 Å². The molecule has 112 valence electrons. The molecule has 2 atom stereocenters. The fraction of sp³-hybridized carbons (Fsp3) is 0.667. The minimum atomic E-state index is -0.522.